The molecule has 3 rings (SSSR count). The van der Waals surface area contributed by atoms with Crippen molar-refractivity contribution in [2.45, 2.75) is 44.6 Å². The minimum absolute atomic E-state index is 0.395. The topological polar surface area (TPSA) is 68.8 Å². The molecule has 1 aliphatic rings. The van der Waals surface area contributed by atoms with E-state index in [-0.39, 0.29) is 0 Å². The number of imidazole rings is 1. The summed E-state index contributed by atoms with van der Waals surface area (Å²) in [6.07, 6.45) is 8.21. The van der Waals surface area contributed by atoms with Crippen LogP contribution < -0.4 is 5.32 Å². The number of hydrogen-bond acceptors (Lipinski definition) is 5. The molecule has 6 nitrogen and oxygen atoms in total. The van der Waals surface area contributed by atoms with E-state index in [1.54, 1.807) is 6.20 Å². The minimum Gasteiger partial charge on any atom is -0.339 e. The summed E-state index contributed by atoms with van der Waals surface area (Å²) in [6, 6.07) is 0.646. The predicted octanol–water partition coefficient (Wildman–Crippen LogP) is 2.11. The maximum absolute atomic E-state index is 5.44. The van der Waals surface area contributed by atoms with E-state index in [0.717, 1.165) is 31.1 Å². The minimum atomic E-state index is 0.395. The highest BCUT2D eigenvalue weighted by molar-refractivity contribution is 5.42. The van der Waals surface area contributed by atoms with Crippen LogP contribution in [0.1, 0.15) is 44.4 Å². The average molecular weight is 275 g/mol. The van der Waals surface area contributed by atoms with E-state index in [4.69, 9.17) is 4.52 Å². The second-order valence-corrected chi connectivity index (χ2v) is 5.42. The summed E-state index contributed by atoms with van der Waals surface area (Å²) in [5.41, 5.74) is 0. The molecule has 0 saturated heterocycles. The van der Waals surface area contributed by atoms with E-state index >= 15 is 0 Å². The van der Waals surface area contributed by atoms with Crippen molar-refractivity contribution in [2.24, 2.45) is 7.05 Å². The summed E-state index contributed by atoms with van der Waals surface area (Å²) in [5.74, 6) is 2.49. The zero-order valence-electron chi connectivity index (χ0n) is 12.0. The molecule has 0 spiro atoms. The van der Waals surface area contributed by atoms with Crippen molar-refractivity contribution in [1.82, 2.24) is 25.0 Å². The average Bonchev–Trinajstić information content (AvgIpc) is 3.08. The van der Waals surface area contributed by atoms with Crippen molar-refractivity contribution in [3.05, 3.63) is 18.3 Å². The molecular weight excluding hydrogens is 254 g/mol. The first-order chi connectivity index (χ1) is 9.78. The van der Waals surface area contributed by atoms with E-state index in [0.29, 0.717) is 17.8 Å². The van der Waals surface area contributed by atoms with Gasteiger partial charge in [-0.1, -0.05) is 12.1 Å². The normalized spacial score (nSPS) is 23.1. The van der Waals surface area contributed by atoms with E-state index in [9.17, 15) is 0 Å². The molecule has 0 atom stereocenters. The van der Waals surface area contributed by atoms with Gasteiger partial charge in [0, 0.05) is 31.4 Å². The number of aryl methyl sites for hydroxylation is 1. The van der Waals surface area contributed by atoms with Gasteiger partial charge in [0.2, 0.25) is 11.7 Å². The van der Waals surface area contributed by atoms with Crippen LogP contribution in [-0.4, -0.2) is 32.3 Å². The highest BCUT2D eigenvalue weighted by Crippen LogP contribution is 2.32. The fourth-order valence-corrected chi connectivity index (χ4v) is 2.91. The van der Waals surface area contributed by atoms with Crippen LogP contribution in [-0.2, 0) is 7.05 Å². The van der Waals surface area contributed by atoms with Gasteiger partial charge in [-0.05, 0) is 32.2 Å². The molecule has 1 saturated carbocycles. The maximum atomic E-state index is 5.44. The summed E-state index contributed by atoms with van der Waals surface area (Å²) in [4.78, 5) is 8.78. The first kappa shape index (κ1) is 13.3. The Morgan fingerprint density at radius 2 is 2.15 bits per heavy atom. The zero-order valence-corrected chi connectivity index (χ0v) is 12.0. The van der Waals surface area contributed by atoms with Crippen LogP contribution in [0.4, 0.5) is 0 Å². The van der Waals surface area contributed by atoms with Crippen molar-refractivity contribution in [1.29, 1.82) is 0 Å². The summed E-state index contributed by atoms with van der Waals surface area (Å²) >= 11 is 0. The Labute approximate surface area is 118 Å². The van der Waals surface area contributed by atoms with Gasteiger partial charge < -0.3 is 14.4 Å². The van der Waals surface area contributed by atoms with E-state index < -0.39 is 0 Å². The van der Waals surface area contributed by atoms with Crippen LogP contribution in [0.2, 0.25) is 0 Å². The van der Waals surface area contributed by atoms with E-state index in [1.807, 2.05) is 17.8 Å². The van der Waals surface area contributed by atoms with Gasteiger partial charge in [0.05, 0.1) is 0 Å². The van der Waals surface area contributed by atoms with Crippen molar-refractivity contribution >= 4 is 0 Å². The fourth-order valence-electron chi connectivity index (χ4n) is 2.91. The molecule has 0 amide bonds. The number of hydrogen-bond donors (Lipinski definition) is 1. The van der Waals surface area contributed by atoms with Crippen LogP contribution >= 0.6 is 0 Å². The van der Waals surface area contributed by atoms with Crippen LogP contribution in [0.15, 0.2) is 16.9 Å². The molecule has 6 heteroatoms. The molecule has 20 heavy (non-hydrogen) atoms. The van der Waals surface area contributed by atoms with Crippen molar-refractivity contribution in [2.75, 3.05) is 6.54 Å². The van der Waals surface area contributed by atoms with Gasteiger partial charge in [0.1, 0.15) is 0 Å². The van der Waals surface area contributed by atoms with Crippen molar-refractivity contribution in [3.8, 4) is 11.6 Å². The molecule has 0 unspecified atom stereocenters. The lowest BCUT2D eigenvalue weighted by molar-refractivity contribution is 0.284. The Morgan fingerprint density at radius 1 is 1.35 bits per heavy atom. The Bertz CT molecular complexity index is 553. The smallest absolute Gasteiger partial charge is 0.238 e. The molecular formula is C14H21N5O. The van der Waals surface area contributed by atoms with Gasteiger partial charge in [-0.2, -0.15) is 4.98 Å². The molecule has 108 valence electrons. The molecule has 0 radical (unpaired) electrons. The fraction of sp³-hybridized carbons (Fsp3) is 0.643. The Kier molecular flexibility index (Phi) is 3.82. The van der Waals surface area contributed by atoms with Crippen molar-refractivity contribution in [3.63, 3.8) is 0 Å². The van der Waals surface area contributed by atoms with Gasteiger partial charge in [-0.3, -0.25) is 0 Å². The molecule has 0 aliphatic heterocycles. The maximum Gasteiger partial charge on any atom is 0.238 e. The zero-order chi connectivity index (χ0) is 13.9. The molecule has 1 N–H and O–H groups in total. The summed E-state index contributed by atoms with van der Waals surface area (Å²) in [6.45, 7) is 3.20. The predicted molar refractivity (Wildman–Crippen MR) is 75.2 cm³/mol. The van der Waals surface area contributed by atoms with Crippen LogP contribution in [0.3, 0.4) is 0 Å². The number of aromatic nitrogens is 4. The Hall–Kier alpha value is -1.69. The van der Waals surface area contributed by atoms with Crippen molar-refractivity contribution < 1.29 is 4.52 Å². The van der Waals surface area contributed by atoms with Gasteiger partial charge in [-0.25, -0.2) is 4.98 Å². The third-order valence-corrected chi connectivity index (χ3v) is 4.03. The number of nitrogens with zero attached hydrogens (tertiary/aromatic N) is 4. The van der Waals surface area contributed by atoms with Gasteiger partial charge in [-0.15, -0.1) is 0 Å². The standard InChI is InChI=1S/C14H21N5O/c1-3-15-11-6-4-10(5-7-11)14-17-12(18-20-14)13-16-8-9-19(13)2/h8-11,15H,3-7H2,1-2H3. The monoisotopic (exact) mass is 275 g/mol. The third-order valence-electron chi connectivity index (χ3n) is 4.03. The second-order valence-electron chi connectivity index (χ2n) is 5.42. The molecule has 1 aliphatic carbocycles. The first-order valence-electron chi connectivity index (χ1n) is 7.32. The van der Waals surface area contributed by atoms with Gasteiger partial charge in [0.15, 0.2) is 5.82 Å². The Morgan fingerprint density at radius 3 is 2.80 bits per heavy atom. The molecule has 1 fully saturated rings. The Balaban J connectivity index is 1.68. The largest absolute Gasteiger partial charge is 0.339 e. The molecule has 0 aromatic carbocycles. The van der Waals surface area contributed by atoms with Gasteiger partial charge >= 0.3 is 0 Å². The van der Waals surface area contributed by atoms with E-state index in [1.165, 1.54) is 12.8 Å². The van der Waals surface area contributed by atoms with Crippen LogP contribution in [0, 0.1) is 0 Å². The summed E-state index contributed by atoms with van der Waals surface area (Å²) in [5, 5.41) is 7.58. The highest BCUT2D eigenvalue weighted by atomic mass is 16.5. The molecule has 2 heterocycles. The quantitative estimate of drug-likeness (QED) is 0.925. The summed E-state index contributed by atoms with van der Waals surface area (Å²) < 4.78 is 7.34. The molecule has 2 aromatic rings. The third kappa shape index (κ3) is 2.60. The number of nitrogens with one attached hydrogen (secondary N) is 1. The first-order valence-corrected chi connectivity index (χ1v) is 7.32. The summed E-state index contributed by atoms with van der Waals surface area (Å²) in [7, 11) is 1.93. The van der Waals surface area contributed by atoms with E-state index in [2.05, 4.69) is 27.4 Å². The highest BCUT2D eigenvalue weighted by Gasteiger charge is 2.26. The van der Waals surface area contributed by atoms with Gasteiger partial charge in [0.25, 0.3) is 0 Å². The molecule has 2 aromatic heterocycles. The van der Waals surface area contributed by atoms with Crippen LogP contribution in [0.5, 0.6) is 0 Å². The molecule has 0 bridgehead atoms. The SMILES string of the molecule is CCNC1CCC(c2nc(-c3nccn3C)no2)CC1. The lowest BCUT2D eigenvalue weighted by Gasteiger charge is -2.26. The van der Waals surface area contributed by atoms with Crippen LogP contribution in [0.25, 0.3) is 11.6 Å². The second kappa shape index (κ2) is 5.75. The lowest BCUT2D eigenvalue weighted by atomic mass is 9.86. The lowest BCUT2D eigenvalue weighted by Crippen LogP contribution is -2.32. The number of rotatable bonds is 4.